The summed E-state index contributed by atoms with van der Waals surface area (Å²) >= 11 is 0. The van der Waals surface area contributed by atoms with Gasteiger partial charge in [-0.1, -0.05) is 0 Å². The molecule has 0 heterocycles. The van der Waals surface area contributed by atoms with Crippen molar-refractivity contribution in [3.63, 3.8) is 0 Å². The Kier molecular flexibility index (Phi) is 8.20. The van der Waals surface area contributed by atoms with Gasteiger partial charge >= 0.3 is 39.1 Å². The summed E-state index contributed by atoms with van der Waals surface area (Å²) in [6.45, 7) is 0. The minimum Gasteiger partial charge on any atom is -0.504 e. The molecule has 4 unspecified atom stereocenters. The Hall–Kier alpha value is -1.03. The van der Waals surface area contributed by atoms with E-state index in [-0.39, 0.29) is 6.07 Å². The Morgan fingerprint density at radius 3 is 1.35 bits per heavy atom. The summed E-state index contributed by atoms with van der Waals surface area (Å²) in [5, 5.41) is 37.0. The molecule has 0 amide bonds. The van der Waals surface area contributed by atoms with Crippen molar-refractivity contribution < 1.29 is 94.4 Å². The highest BCUT2D eigenvalue weighted by Gasteiger charge is 2.48. The molecule has 31 heavy (non-hydrogen) atoms. The second kappa shape index (κ2) is 9.08. The fourth-order valence-corrected chi connectivity index (χ4v) is 7.28. The molecule has 0 aliphatic rings. The highest BCUT2D eigenvalue weighted by atomic mass is 31.3. The molecule has 25 heteroatoms. The van der Waals surface area contributed by atoms with E-state index in [9.17, 15) is 47.9 Å². The number of aromatic hydroxyl groups is 4. The maximum atomic E-state index is 11.7. The Bertz CT molecular complexity index is 1080. The number of hydrogen-bond acceptors (Lipinski definition) is 14. The summed E-state index contributed by atoms with van der Waals surface area (Å²) in [4.78, 5) is 53.3. The van der Waals surface area contributed by atoms with E-state index in [1.54, 1.807) is 0 Å². The van der Waals surface area contributed by atoms with Gasteiger partial charge in [-0.3, -0.25) is 4.89 Å². The lowest BCUT2D eigenvalue weighted by molar-refractivity contribution is 0.188. The van der Waals surface area contributed by atoms with E-state index in [1.807, 2.05) is 0 Å². The number of phosphoric ester groups is 1. The predicted octanol–water partition coefficient (Wildman–Crippen LogP) is 0.448. The largest absolute Gasteiger partial charge is 0.536 e. The van der Waals surface area contributed by atoms with Crippen molar-refractivity contribution in [2.75, 3.05) is 0 Å². The van der Waals surface area contributed by atoms with Crippen molar-refractivity contribution in [3.05, 3.63) is 6.07 Å². The van der Waals surface area contributed by atoms with Gasteiger partial charge in [0.25, 0.3) is 0 Å². The van der Waals surface area contributed by atoms with Gasteiger partial charge in [-0.15, -0.1) is 0 Å². The molecule has 10 N–H and O–H groups in total. The zero-order valence-corrected chi connectivity index (χ0v) is 18.3. The lowest BCUT2D eigenvalue weighted by Crippen LogP contribution is -2.00. The molecule has 0 aliphatic heterocycles. The SMILES string of the molecule is O=P(O)(O)OP(=O)(O)OP(=O)(O)OP(=O)(O)OP(=O)(O)Oc1cc(O)c(O)c(O)c1O. The maximum absolute atomic E-state index is 11.7. The average molecular weight is 558 g/mol. The number of phenols is 4. The molecule has 4 atom stereocenters. The number of phosphoric acid groups is 5. The molecule has 1 aromatic carbocycles. The van der Waals surface area contributed by atoms with Crippen LogP contribution >= 0.6 is 39.1 Å². The van der Waals surface area contributed by atoms with Crippen LogP contribution in [-0.4, -0.2) is 49.8 Å². The lowest BCUT2D eigenvalue weighted by Gasteiger charge is -2.20. The Labute approximate surface area is 169 Å². The summed E-state index contributed by atoms with van der Waals surface area (Å²) in [7, 11) is -30.4. The summed E-state index contributed by atoms with van der Waals surface area (Å²) < 4.78 is 73.6. The molecule has 1 rings (SSSR count). The van der Waals surface area contributed by atoms with E-state index < -0.39 is 67.9 Å². The molecule has 0 fully saturated rings. The van der Waals surface area contributed by atoms with E-state index >= 15 is 0 Å². The molecular formula is C6H11O20P5. The summed E-state index contributed by atoms with van der Waals surface area (Å²) in [6, 6.07) is 0.210. The van der Waals surface area contributed by atoms with Gasteiger partial charge in [0.15, 0.2) is 11.5 Å². The van der Waals surface area contributed by atoms with Crippen LogP contribution in [-0.2, 0) is 40.1 Å². The molecule has 20 nitrogen and oxygen atoms in total. The smallest absolute Gasteiger partial charge is 0.504 e. The number of rotatable bonds is 10. The van der Waals surface area contributed by atoms with E-state index in [0.29, 0.717) is 0 Å². The van der Waals surface area contributed by atoms with E-state index in [0.717, 1.165) is 0 Å². The zero-order valence-electron chi connectivity index (χ0n) is 13.9. The first kappa shape index (κ1) is 28.0. The average Bonchev–Trinajstić information content (AvgIpc) is 2.43. The zero-order chi connectivity index (χ0) is 24.6. The number of hydrogen-bond donors (Lipinski definition) is 10. The van der Waals surface area contributed by atoms with Crippen molar-refractivity contribution in [1.82, 2.24) is 0 Å². The molecule has 0 radical (unpaired) electrons. The molecule has 0 bridgehead atoms. The fraction of sp³-hybridized carbons (Fsp3) is 0. The van der Waals surface area contributed by atoms with Crippen molar-refractivity contribution in [3.8, 4) is 28.7 Å². The van der Waals surface area contributed by atoms with Gasteiger partial charge in [-0.25, -0.2) is 22.8 Å². The number of benzene rings is 1. The third-order valence-corrected chi connectivity index (χ3v) is 9.29. The van der Waals surface area contributed by atoms with Crippen LogP contribution in [0.25, 0.3) is 0 Å². The standard InChI is InChI=1S/C6H11O20P5/c7-2-1-3(5(9)6(10)4(2)8)22-28(14,15)24-30(18,19)26-31(20,21)25-29(16,17)23-27(11,12)13/h1,7-10H,(H,14,15)(H,16,17)(H,18,19)(H,20,21)(H2,11,12,13). The number of phenolic OH excluding ortho intramolecular Hbond substituents is 4. The first-order chi connectivity index (χ1) is 13.5. The van der Waals surface area contributed by atoms with Gasteiger partial charge in [0.2, 0.25) is 17.2 Å². The molecular weight excluding hydrogens is 547 g/mol. The summed E-state index contributed by atoms with van der Waals surface area (Å²) in [6.07, 6.45) is 0. The van der Waals surface area contributed by atoms with Crippen molar-refractivity contribution in [2.24, 2.45) is 0 Å². The molecule has 0 aromatic heterocycles. The monoisotopic (exact) mass is 558 g/mol. The third-order valence-electron chi connectivity index (χ3n) is 2.23. The fourth-order valence-electron chi connectivity index (χ4n) is 1.39. The van der Waals surface area contributed by atoms with Crippen LogP contribution in [0, 0.1) is 0 Å². The molecule has 0 saturated heterocycles. The van der Waals surface area contributed by atoms with E-state index in [1.165, 1.54) is 0 Å². The minimum absolute atomic E-state index is 0.210. The molecule has 0 spiro atoms. The Balaban J connectivity index is 3.02. The topological polar surface area (TPSA) is 334 Å². The highest BCUT2D eigenvalue weighted by molar-refractivity contribution is 7.71. The predicted molar refractivity (Wildman–Crippen MR) is 89.4 cm³/mol. The second-order valence-corrected chi connectivity index (χ2v) is 12.2. The summed E-state index contributed by atoms with van der Waals surface area (Å²) in [5.41, 5.74) is 0. The van der Waals surface area contributed by atoms with Gasteiger partial charge in [-0.05, 0) is 0 Å². The van der Waals surface area contributed by atoms with Gasteiger partial charge in [0.05, 0.1) is 0 Å². The van der Waals surface area contributed by atoms with Crippen LogP contribution in [0.1, 0.15) is 0 Å². The van der Waals surface area contributed by atoms with Gasteiger partial charge in [0.1, 0.15) is 0 Å². The maximum Gasteiger partial charge on any atom is 0.536 e. The van der Waals surface area contributed by atoms with Crippen LogP contribution < -0.4 is 4.52 Å². The lowest BCUT2D eigenvalue weighted by atomic mass is 10.2. The van der Waals surface area contributed by atoms with Crippen molar-refractivity contribution in [1.29, 1.82) is 0 Å². The van der Waals surface area contributed by atoms with Crippen molar-refractivity contribution in [2.45, 2.75) is 0 Å². The highest BCUT2D eigenvalue weighted by Crippen LogP contribution is 2.73. The molecule has 180 valence electrons. The van der Waals surface area contributed by atoms with Gasteiger partial charge in [0, 0.05) is 6.07 Å². The first-order valence-corrected chi connectivity index (χ1v) is 13.9. The minimum atomic E-state index is -6.29. The van der Waals surface area contributed by atoms with Crippen LogP contribution in [0.5, 0.6) is 28.7 Å². The molecule has 0 saturated carbocycles. The summed E-state index contributed by atoms with van der Waals surface area (Å²) in [5.74, 6) is -6.84. The second-order valence-electron chi connectivity index (χ2n) is 4.72. The quantitative estimate of drug-likeness (QED) is 0.106. The Morgan fingerprint density at radius 2 is 0.935 bits per heavy atom. The van der Waals surface area contributed by atoms with Crippen LogP contribution in [0.15, 0.2) is 6.07 Å². The van der Waals surface area contributed by atoms with Crippen LogP contribution in [0.2, 0.25) is 0 Å². The first-order valence-electron chi connectivity index (χ1n) is 6.43. The molecule has 0 aliphatic carbocycles. The van der Waals surface area contributed by atoms with Crippen LogP contribution in [0.3, 0.4) is 0 Å². The van der Waals surface area contributed by atoms with E-state index in [4.69, 9.17) is 24.7 Å². The van der Waals surface area contributed by atoms with Gasteiger partial charge in [-0.2, -0.15) is 17.2 Å². The molecule has 1 aromatic rings. The Morgan fingerprint density at radius 1 is 0.548 bits per heavy atom. The third kappa shape index (κ3) is 9.16. The van der Waals surface area contributed by atoms with Gasteiger partial charge < -0.3 is 49.4 Å². The van der Waals surface area contributed by atoms with E-state index in [2.05, 4.69) is 21.8 Å². The van der Waals surface area contributed by atoms with Crippen molar-refractivity contribution >= 4 is 39.1 Å². The normalized spacial score (nSPS) is 20.1. The van der Waals surface area contributed by atoms with Crippen LogP contribution in [0.4, 0.5) is 0 Å².